The van der Waals surface area contributed by atoms with Crippen LogP contribution in [0.4, 0.5) is 5.69 Å². The van der Waals surface area contributed by atoms with Crippen molar-refractivity contribution < 1.29 is 9.59 Å². The molecule has 1 fully saturated rings. The fourth-order valence-corrected chi connectivity index (χ4v) is 5.38. The molecule has 0 aliphatic carbocycles. The molecular formula is C27H22Cl3N3O2. The van der Waals surface area contributed by atoms with Crippen molar-refractivity contribution >= 4 is 52.3 Å². The summed E-state index contributed by atoms with van der Waals surface area (Å²) in [6, 6.07) is 25.5. The van der Waals surface area contributed by atoms with Crippen LogP contribution in [-0.4, -0.2) is 47.8 Å². The molecule has 2 amide bonds. The van der Waals surface area contributed by atoms with Crippen molar-refractivity contribution in [3.05, 3.63) is 111 Å². The van der Waals surface area contributed by atoms with E-state index in [0.717, 1.165) is 4.90 Å². The van der Waals surface area contributed by atoms with Crippen LogP contribution in [0.1, 0.15) is 17.2 Å². The molecule has 178 valence electrons. The molecule has 8 heteroatoms. The number of amides is 2. The average Bonchev–Trinajstić information content (AvgIpc) is 3.10. The summed E-state index contributed by atoms with van der Waals surface area (Å²) in [5.41, 5.74) is 2.86. The third-order valence-corrected chi connectivity index (χ3v) is 7.28. The van der Waals surface area contributed by atoms with Crippen LogP contribution in [0.15, 0.2) is 89.6 Å². The van der Waals surface area contributed by atoms with Gasteiger partial charge < -0.3 is 4.90 Å². The highest BCUT2D eigenvalue weighted by Crippen LogP contribution is 2.37. The van der Waals surface area contributed by atoms with Crippen LogP contribution in [0.25, 0.3) is 0 Å². The zero-order valence-corrected chi connectivity index (χ0v) is 21.0. The molecule has 0 bridgehead atoms. The topological polar surface area (TPSA) is 43.9 Å². The molecule has 2 heterocycles. The Hall–Kier alpha value is -2.83. The zero-order valence-electron chi connectivity index (χ0n) is 18.7. The van der Waals surface area contributed by atoms with Gasteiger partial charge in [0, 0.05) is 31.2 Å². The number of carbonyl (C=O) groups is 2. The predicted octanol–water partition coefficient (Wildman–Crippen LogP) is 5.72. The molecule has 0 unspecified atom stereocenters. The fraction of sp³-hybridized carbons (Fsp3) is 0.185. The van der Waals surface area contributed by atoms with Gasteiger partial charge in [-0.2, -0.15) is 0 Å². The van der Waals surface area contributed by atoms with Crippen LogP contribution < -0.4 is 4.90 Å². The summed E-state index contributed by atoms with van der Waals surface area (Å²) in [4.78, 5) is 31.6. The predicted molar refractivity (Wildman–Crippen MR) is 140 cm³/mol. The summed E-state index contributed by atoms with van der Waals surface area (Å²) >= 11 is 18.8. The number of benzene rings is 3. The van der Waals surface area contributed by atoms with Crippen molar-refractivity contribution in [3.8, 4) is 0 Å². The Morgan fingerprint density at radius 3 is 1.83 bits per heavy atom. The molecule has 3 aromatic rings. The summed E-state index contributed by atoms with van der Waals surface area (Å²) in [6.45, 7) is 2.50. The summed E-state index contributed by atoms with van der Waals surface area (Å²) in [5, 5.41) is 0.526. The quantitative estimate of drug-likeness (QED) is 0.399. The standard InChI is InChI=1S/C27H22Cl3N3O2/c28-20-11-12-21(29)22(17-20)33-26(34)23(30)25(27(33)35)32-15-13-31(14-16-32)24(18-7-3-1-4-8-18)19-9-5-2-6-10-19/h1-12,17,24H,13-16H2. The lowest BCUT2D eigenvalue weighted by Crippen LogP contribution is -2.48. The van der Waals surface area contributed by atoms with Crippen molar-refractivity contribution in [1.82, 2.24) is 9.80 Å². The van der Waals surface area contributed by atoms with Gasteiger partial charge in [0.1, 0.15) is 10.7 Å². The van der Waals surface area contributed by atoms with Gasteiger partial charge in [0.2, 0.25) is 0 Å². The molecule has 1 saturated heterocycles. The number of carbonyl (C=O) groups excluding carboxylic acids is 2. The van der Waals surface area contributed by atoms with E-state index < -0.39 is 11.8 Å². The van der Waals surface area contributed by atoms with Crippen molar-refractivity contribution in [1.29, 1.82) is 0 Å². The Balaban J connectivity index is 1.37. The maximum absolute atomic E-state index is 13.4. The minimum absolute atomic E-state index is 0.0895. The first kappa shape index (κ1) is 23.9. The maximum Gasteiger partial charge on any atom is 0.283 e. The zero-order chi connectivity index (χ0) is 24.5. The second kappa shape index (κ2) is 10.0. The first-order valence-electron chi connectivity index (χ1n) is 11.3. The van der Waals surface area contributed by atoms with Crippen molar-refractivity contribution in [2.75, 3.05) is 31.1 Å². The molecule has 2 aliphatic rings. The number of hydrogen-bond acceptors (Lipinski definition) is 4. The summed E-state index contributed by atoms with van der Waals surface area (Å²) in [7, 11) is 0. The lowest BCUT2D eigenvalue weighted by Gasteiger charge is -2.40. The van der Waals surface area contributed by atoms with Crippen molar-refractivity contribution in [2.45, 2.75) is 6.04 Å². The van der Waals surface area contributed by atoms with E-state index in [1.165, 1.54) is 17.2 Å². The van der Waals surface area contributed by atoms with Crippen LogP contribution in [-0.2, 0) is 9.59 Å². The lowest BCUT2D eigenvalue weighted by molar-refractivity contribution is -0.121. The van der Waals surface area contributed by atoms with E-state index >= 15 is 0 Å². The number of imide groups is 1. The molecule has 3 aromatic carbocycles. The third-order valence-electron chi connectivity index (χ3n) is 6.38. The van der Waals surface area contributed by atoms with Crippen LogP contribution in [0.3, 0.4) is 0 Å². The number of halogens is 3. The Morgan fingerprint density at radius 2 is 1.26 bits per heavy atom. The highest BCUT2D eigenvalue weighted by Gasteiger charge is 2.43. The number of hydrogen-bond donors (Lipinski definition) is 0. The normalized spacial score (nSPS) is 17.1. The van der Waals surface area contributed by atoms with Crippen molar-refractivity contribution in [3.63, 3.8) is 0 Å². The van der Waals surface area contributed by atoms with Gasteiger partial charge in [0.05, 0.1) is 16.8 Å². The molecule has 0 spiro atoms. The Morgan fingerprint density at radius 1 is 0.686 bits per heavy atom. The first-order valence-corrected chi connectivity index (χ1v) is 12.4. The van der Waals surface area contributed by atoms with E-state index in [4.69, 9.17) is 34.8 Å². The van der Waals surface area contributed by atoms with E-state index in [1.807, 2.05) is 41.3 Å². The Kier molecular flexibility index (Phi) is 6.85. The SMILES string of the molecule is O=C1C(Cl)=C(N2CCN(C(c3ccccc3)c3ccccc3)CC2)C(=O)N1c1cc(Cl)ccc1Cl. The molecule has 2 aliphatic heterocycles. The van der Waals surface area contributed by atoms with E-state index in [9.17, 15) is 9.59 Å². The minimum atomic E-state index is -0.593. The average molecular weight is 527 g/mol. The van der Waals surface area contributed by atoms with Gasteiger partial charge in [-0.05, 0) is 29.3 Å². The molecular weight excluding hydrogens is 505 g/mol. The van der Waals surface area contributed by atoms with Gasteiger partial charge in [-0.25, -0.2) is 4.90 Å². The van der Waals surface area contributed by atoms with Crippen LogP contribution >= 0.6 is 34.8 Å². The Labute approximate surface area is 219 Å². The van der Waals surface area contributed by atoms with Crippen molar-refractivity contribution in [2.24, 2.45) is 0 Å². The molecule has 5 nitrogen and oxygen atoms in total. The summed E-state index contributed by atoms with van der Waals surface area (Å²) in [6.07, 6.45) is 0. The molecule has 35 heavy (non-hydrogen) atoms. The van der Waals surface area contributed by atoms with E-state index in [0.29, 0.717) is 31.2 Å². The summed E-state index contributed by atoms with van der Waals surface area (Å²) < 4.78 is 0. The fourth-order valence-electron chi connectivity index (χ4n) is 4.73. The molecule has 0 radical (unpaired) electrons. The second-order valence-electron chi connectivity index (χ2n) is 8.45. The van der Waals surface area contributed by atoms with Gasteiger partial charge >= 0.3 is 0 Å². The highest BCUT2D eigenvalue weighted by atomic mass is 35.5. The first-order chi connectivity index (χ1) is 17.0. The van der Waals surface area contributed by atoms with E-state index in [1.54, 1.807) is 12.1 Å². The van der Waals surface area contributed by atoms with Gasteiger partial charge in [-0.1, -0.05) is 95.5 Å². The van der Waals surface area contributed by atoms with Gasteiger partial charge in [0.25, 0.3) is 11.8 Å². The number of piperazine rings is 1. The Bertz CT molecular complexity index is 1250. The molecule has 0 aromatic heterocycles. The van der Waals surface area contributed by atoms with Gasteiger partial charge in [-0.15, -0.1) is 0 Å². The minimum Gasteiger partial charge on any atom is -0.363 e. The lowest BCUT2D eigenvalue weighted by atomic mass is 9.96. The largest absolute Gasteiger partial charge is 0.363 e. The molecule has 0 N–H and O–H groups in total. The van der Waals surface area contributed by atoms with Crippen LogP contribution in [0.2, 0.25) is 10.0 Å². The highest BCUT2D eigenvalue weighted by molar-refractivity contribution is 6.53. The number of anilines is 1. The van der Waals surface area contributed by atoms with Gasteiger partial charge in [0.15, 0.2) is 0 Å². The maximum atomic E-state index is 13.4. The number of rotatable bonds is 5. The molecule has 0 saturated carbocycles. The van der Waals surface area contributed by atoms with Crippen LogP contribution in [0.5, 0.6) is 0 Å². The second-order valence-corrected chi connectivity index (χ2v) is 9.67. The number of nitrogens with zero attached hydrogens (tertiary/aromatic N) is 3. The molecule has 0 atom stereocenters. The van der Waals surface area contributed by atoms with E-state index in [2.05, 4.69) is 29.2 Å². The smallest absolute Gasteiger partial charge is 0.283 e. The van der Waals surface area contributed by atoms with Crippen LogP contribution in [0, 0.1) is 0 Å². The third kappa shape index (κ3) is 4.57. The molecule has 5 rings (SSSR count). The monoisotopic (exact) mass is 525 g/mol. The van der Waals surface area contributed by atoms with E-state index in [-0.39, 0.29) is 27.5 Å². The van der Waals surface area contributed by atoms with Gasteiger partial charge in [-0.3, -0.25) is 14.5 Å². The summed E-state index contributed by atoms with van der Waals surface area (Å²) in [5.74, 6) is -1.08.